The Hall–Kier alpha value is -3.33. The van der Waals surface area contributed by atoms with Crippen LogP contribution in [0.4, 0.5) is 5.95 Å². The number of likely N-dealkylation sites (tertiary alicyclic amines) is 1. The summed E-state index contributed by atoms with van der Waals surface area (Å²) in [5.74, 6) is 0.507. The summed E-state index contributed by atoms with van der Waals surface area (Å²) in [5, 5.41) is 13.7. The molecule has 1 fully saturated rings. The first-order chi connectivity index (χ1) is 15.2. The third kappa shape index (κ3) is 4.56. The lowest BCUT2D eigenvalue weighted by Crippen LogP contribution is -2.30. The molecule has 5 rings (SSSR count). The van der Waals surface area contributed by atoms with E-state index in [0.29, 0.717) is 37.6 Å². The van der Waals surface area contributed by atoms with E-state index in [-0.39, 0.29) is 18.1 Å². The van der Waals surface area contributed by atoms with Crippen molar-refractivity contribution >= 4 is 11.9 Å². The van der Waals surface area contributed by atoms with E-state index in [1.54, 1.807) is 23.5 Å². The topological polar surface area (TPSA) is 109 Å². The van der Waals surface area contributed by atoms with Crippen LogP contribution < -0.4 is 5.32 Å². The van der Waals surface area contributed by atoms with Crippen molar-refractivity contribution in [2.24, 2.45) is 0 Å². The summed E-state index contributed by atoms with van der Waals surface area (Å²) in [4.78, 5) is 23.4. The lowest BCUT2D eigenvalue weighted by molar-refractivity contribution is 0.0547. The Morgan fingerprint density at radius 1 is 1.19 bits per heavy atom. The Kier molecular flexibility index (Phi) is 5.57. The van der Waals surface area contributed by atoms with Gasteiger partial charge in [0.1, 0.15) is 0 Å². The van der Waals surface area contributed by atoms with Gasteiger partial charge in [-0.3, -0.25) is 9.89 Å². The maximum Gasteiger partial charge on any atom is 0.257 e. The maximum atomic E-state index is 12.8. The lowest BCUT2D eigenvalue weighted by Gasteiger charge is -2.17. The van der Waals surface area contributed by atoms with Gasteiger partial charge < -0.3 is 15.0 Å². The van der Waals surface area contributed by atoms with Crippen LogP contribution in [-0.2, 0) is 24.0 Å². The zero-order chi connectivity index (χ0) is 21.0. The molecule has 2 aromatic heterocycles. The molecule has 3 heterocycles. The van der Waals surface area contributed by atoms with Crippen LogP contribution >= 0.6 is 0 Å². The van der Waals surface area contributed by atoms with Crippen molar-refractivity contribution in [3.63, 3.8) is 0 Å². The van der Waals surface area contributed by atoms with Crippen molar-refractivity contribution < 1.29 is 9.53 Å². The minimum atomic E-state index is -0.0533. The Balaban J connectivity index is 1.10. The van der Waals surface area contributed by atoms with Crippen LogP contribution in [0.5, 0.6) is 0 Å². The van der Waals surface area contributed by atoms with Crippen molar-refractivity contribution in [1.29, 1.82) is 0 Å². The molecule has 1 atom stereocenters. The molecule has 1 unspecified atom stereocenters. The zero-order valence-electron chi connectivity index (χ0n) is 17.2. The van der Waals surface area contributed by atoms with E-state index in [0.717, 1.165) is 25.0 Å². The summed E-state index contributed by atoms with van der Waals surface area (Å²) in [6, 6.07) is 8.76. The average molecular weight is 419 g/mol. The van der Waals surface area contributed by atoms with Crippen LogP contribution in [0.1, 0.15) is 33.6 Å². The molecule has 0 spiro atoms. The molecular formula is C22H25N7O2. The van der Waals surface area contributed by atoms with E-state index in [2.05, 4.69) is 55.0 Å². The highest BCUT2D eigenvalue weighted by Crippen LogP contribution is 2.23. The number of carbonyl (C=O) groups is 1. The van der Waals surface area contributed by atoms with Gasteiger partial charge in [-0.05, 0) is 30.4 Å². The quantitative estimate of drug-likeness (QED) is 0.599. The molecule has 9 heteroatoms. The van der Waals surface area contributed by atoms with Crippen molar-refractivity contribution in [3.05, 3.63) is 65.2 Å². The number of ether oxygens (including phenoxy) is 1. The number of benzene rings is 1. The summed E-state index contributed by atoms with van der Waals surface area (Å²) < 4.78 is 5.90. The molecule has 1 aliphatic heterocycles. The molecule has 0 bridgehead atoms. The van der Waals surface area contributed by atoms with Crippen molar-refractivity contribution in [1.82, 2.24) is 30.3 Å². The number of nitrogens with one attached hydrogen (secondary N) is 2. The van der Waals surface area contributed by atoms with Gasteiger partial charge in [-0.15, -0.1) is 5.10 Å². The number of hydrogen-bond acceptors (Lipinski definition) is 7. The highest BCUT2D eigenvalue weighted by Gasteiger charge is 2.28. The zero-order valence-corrected chi connectivity index (χ0v) is 17.2. The fourth-order valence-corrected chi connectivity index (χ4v) is 4.27. The van der Waals surface area contributed by atoms with Crippen LogP contribution in [0.15, 0.2) is 42.9 Å². The molecule has 1 aliphatic carbocycles. The number of fused-ring (bicyclic) bond motifs is 1. The average Bonchev–Trinajstić information content (AvgIpc) is 3.54. The third-order valence-corrected chi connectivity index (χ3v) is 5.89. The summed E-state index contributed by atoms with van der Waals surface area (Å²) in [7, 11) is 0. The monoisotopic (exact) mass is 419 g/mol. The highest BCUT2D eigenvalue weighted by molar-refractivity contribution is 5.93. The summed E-state index contributed by atoms with van der Waals surface area (Å²) in [6.07, 6.45) is 8.48. The van der Waals surface area contributed by atoms with Gasteiger partial charge >= 0.3 is 0 Å². The molecule has 9 nitrogen and oxygen atoms in total. The first-order valence-corrected chi connectivity index (χ1v) is 10.7. The second kappa shape index (κ2) is 8.81. The van der Waals surface area contributed by atoms with Crippen LogP contribution in [0.2, 0.25) is 0 Å². The highest BCUT2D eigenvalue weighted by atomic mass is 16.5. The smallest absolute Gasteiger partial charge is 0.257 e. The van der Waals surface area contributed by atoms with Crippen LogP contribution in [0.25, 0.3) is 0 Å². The number of hydrogen-bond donors (Lipinski definition) is 2. The predicted molar refractivity (Wildman–Crippen MR) is 114 cm³/mol. The number of anilines is 1. The second-order valence-corrected chi connectivity index (χ2v) is 8.06. The largest absolute Gasteiger partial charge is 0.376 e. The van der Waals surface area contributed by atoms with Gasteiger partial charge in [-0.25, -0.2) is 9.97 Å². The first-order valence-electron chi connectivity index (χ1n) is 10.7. The van der Waals surface area contributed by atoms with Gasteiger partial charge in [-0.2, -0.15) is 0 Å². The molecule has 0 radical (unpaired) electrons. The molecule has 1 aromatic carbocycles. The number of nitrogens with zero attached hydrogens (tertiary/aromatic N) is 5. The van der Waals surface area contributed by atoms with E-state index in [4.69, 9.17) is 4.74 Å². The van der Waals surface area contributed by atoms with Crippen LogP contribution in [-0.4, -0.2) is 68.0 Å². The molecular weight excluding hydrogens is 394 g/mol. The van der Waals surface area contributed by atoms with Gasteiger partial charge in [0, 0.05) is 44.1 Å². The number of aromatic amines is 1. The number of rotatable bonds is 7. The third-order valence-electron chi connectivity index (χ3n) is 5.89. The Labute approximate surface area is 180 Å². The van der Waals surface area contributed by atoms with Gasteiger partial charge in [0.05, 0.1) is 24.0 Å². The van der Waals surface area contributed by atoms with E-state index in [9.17, 15) is 4.79 Å². The van der Waals surface area contributed by atoms with E-state index >= 15 is 0 Å². The fourth-order valence-electron chi connectivity index (χ4n) is 4.27. The van der Waals surface area contributed by atoms with E-state index in [1.807, 2.05) is 0 Å². The molecule has 2 N–H and O–H groups in total. The van der Waals surface area contributed by atoms with Gasteiger partial charge in [0.15, 0.2) is 0 Å². The Bertz CT molecular complexity index is 998. The van der Waals surface area contributed by atoms with Crippen molar-refractivity contribution in [2.75, 3.05) is 25.0 Å². The summed E-state index contributed by atoms with van der Waals surface area (Å²) >= 11 is 0. The summed E-state index contributed by atoms with van der Waals surface area (Å²) in [5.41, 5.74) is 4.12. The molecule has 0 saturated carbocycles. The van der Waals surface area contributed by atoms with Crippen molar-refractivity contribution in [3.8, 4) is 0 Å². The lowest BCUT2D eigenvalue weighted by atomic mass is 10.1. The standard InChI is InChI=1S/C22H25N7O2/c30-21(29-7-5-20(14-29)31-8-6-18-13-25-28-27-18)17-11-23-22(24-12-17)26-19-9-15-3-1-2-4-16(15)10-19/h1-4,11-13,19-20H,5-10,14H2,(H,23,24,26)(H,25,27,28). The van der Waals surface area contributed by atoms with Crippen LogP contribution in [0, 0.1) is 0 Å². The van der Waals surface area contributed by atoms with Crippen molar-refractivity contribution in [2.45, 2.75) is 37.8 Å². The Morgan fingerprint density at radius 3 is 2.68 bits per heavy atom. The molecule has 31 heavy (non-hydrogen) atoms. The minimum Gasteiger partial charge on any atom is -0.376 e. The number of aromatic nitrogens is 5. The molecule has 160 valence electrons. The fraction of sp³-hybridized carbons (Fsp3) is 0.409. The molecule has 1 amide bonds. The van der Waals surface area contributed by atoms with Crippen LogP contribution in [0.3, 0.4) is 0 Å². The van der Waals surface area contributed by atoms with E-state index < -0.39 is 0 Å². The molecule has 2 aliphatic rings. The second-order valence-electron chi connectivity index (χ2n) is 8.06. The summed E-state index contributed by atoms with van der Waals surface area (Å²) in [6.45, 7) is 1.82. The van der Waals surface area contributed by atoms with Gasteiger partial charge in [0.25, 0.3) is 5.91 Å². The number of H-pyrrole nitrogens is 1. The molecule has 3 aromatic rings. The SMILES string of the molecule is O=C(c1cnc(NC2Cc3ccccc3C2)nc1)N1CCC(OCCc2c[nH]nn2)C1. The molecule has 1 saturated heterocycles. The predicted octanol–water partition coefficient (Wildman–Crippen LogP) is 1.65. The normalized spacial score (nSPS) is 18.3. The first kappa shape index (κ1) is 19.6. The Morgan fingerprint density at radius 2 is 1.97 bits per heavy atom. The number of carbonyl (C=O) groups excluding carboxylic acids is 1. The maximum absolute atomic E-state index is 12.8. The van der Waals surface area contributed by atoms with Gasteiger partial charge in [0.2, 0.25) is 5.95 Å². The van der Waals surface area contributed by atoms with E-state index in [1.165, 1.54) is 11.1 Å². The minimum absolute atomic E-state index is 0.0432. The number of amides is 1. The van der Waals surface area contributed by atoms with Gasteiger partial charge in [-0.1, -0.05) is 29.5 Å².